The summed E-state index contributed by atoms with van der Waals surface area (Å²) in [5, 5.41) is 24.2. The molecule has 1 aromatic carbocycles. The van der Waals surface area contributed by atoms with E-state index in [1.165, 1.54) is 24.1 Å². The van der Waals surface area contributed by atoms with Crippen molar-refractivity contribution in [3.8, 4) is 17.0 Å². The van der Waals surface area contributed by atoms with Crippen molar-refractivity contribution >= 4 is 27.2 Å². The molecule has 1 saturated carbocycles. The highest BCUT2D eigenvalue weighted by Gasteiger charge is 2.27. The molecule has 0 amide bonds. The maximum atomic E-state index is 10.8. The van der Waals surface area contributed by atoms with E-state index in [9.17, 15) is 5.11 Å². The molecule has 1 aliphatic carbocycles. The van der Waals surface area contributed by atoms with Crippen LogP contribution in [0.25, 0.3) is 21.3 Å². The number of fused-ring (bicyclic) bond motifs is 1. The molecule has 0 radical (unpaired) electrons. The molecule has 1 fully saturated rings. The normalized spacial score (nSPS) is 20.0. The number of thiophene rings is 1. The van der Waals surface area contributed by atoms with Gasteiger partial charge in [-0.3, -0.25) is 0 Å². The third kappa shape index (κ3) is 3.59. The lowest BCUT2D eigenvalue weighted by molar-refractivity contribution is 0.211. The number of rotatable bonds is 4. The standard InChI is InChI=1S/C22H28N4OS/c1-13-11-20(23-17-7-5-6-8-18(17)26(3)4)24-25-21(13)15-9-10-19-16(22(15)27)12-14(2)28-19/h9-12,17-18,27H,5-8H2,1-4H3,(H,23,24)/t17-,18+/m0/s1. The number of hydrogen-bond acceptors (Lipinski definition) is 6. The molecule has 148 valence electrons. The Morgan fingerprint density at radius 1 is 1.11 bits per heavy atom. The number of phenols is 1. The van der Waals surface area contributed by atoms with Crippen LogP contribution in [0.5, 0.6) is 5.75 Å². The Balaban J connectivity index is 1.62. The van der Waals surface area contributed by atoms with Gasteiger partial charge in [0.25, 0.3) is 0 Å². The summed E-state index contributed by atoms with van der Waals surface area (Å²) in [5.41, 5.74) is 2.49. The van der Waals surface area contributed by atoms with Gasteiger partial charge in [-0.05, 0) is 70.6 Å². The molecule has 28 heavy (non-hydrogen) atoms. The van der Waals surface area contributed by atoms with Crippen LogP contribution in [0, 0.1) is 13.8 Å². The van der Waals surface area contributed by atoms with Crippen LogP contribution in [-0.2, 0) is 0 Å². The van der Waals surface area contributed by atoms with Crippen LogP contribution in [-0.4, -0.2) is 46.4 Å². The van der Waals surface area contributed by atoms with Crippen molar-refractivity contribution in [2.24, 2.45) is 0 Å². The van der Waals surface area contributed by atoms with Gasteiger partial charge in [0.1, 0.15) is 11.6 Å². The number of aromatic nitrogens is 2. The summed E-state index contributed by atoms with van der Waals surface area (Å²) in [6, 6.07) is 8.99. The van der Waals surface area contributed by atoms with E-state index in [0.717, 1.165) is 39.1 Å². The van der Waals surface area contributed by atoms with E-state index < -0.39 is 0 Å². The topological polar surface area (TPSA) is 61.3 Å². The van der Waals surface area contributed by atoms with Crippen LogP contribution in [0.2, 0.25) is 0 Å². The highest BCUT2D eigenvalue weighted by Crippen LogP contribution is 2.39. The Kier molecular flexibility index (Phi) is 5.25. The van der Waals surface area contributed by atoms with Crippen molar-refractivity contribution in [1.29, 1.82) is 0 Å². The molecule has 0 unspecified atom stereocenters. The molecule has 4 rings (SSSR count). The van der Waals surface area contributed by atoms with Crippen molar-refractivity contribution in [2.45, 2.75) is 51.6 Å². The minimum Gasteiger partial charge on any atom is -0.507 e. The highest BCUT2D eigenvalue weighted by atomic mass is 32.1. The molecule has 0 spiro atoms. The van der Waals surface area contributed by atoms with E-state index in [1.807, 2.05) is 25.1 Å². The Hall–Kier alpha value is -2.18. The molecule has 2 heterocycles. The lowest BCUT2D eigenvalue weighted by Crippen LogP contribution is -2.45. The van der Waals surface area contributed by atoms with E-state index in [-0.39, 0.29) is 0 Å². The van der Waals surface area contributed by atoms with Gasteiger partial charge in [0.15, 0.2) is 0 Å². The molecular weight excluding hydrogens is 368 g/mol. The minimum atomic E-state index is 0.292. The number of nitrogens with zero attached hydrogens (tertiary/aromatic N) is 3. The van der Waals surface area contributed by atoms with Gasteiger partial charge in [-0.1, -0.05) is 12.8 Å². The number of aromatic hydroxyl groups is 1. The maximum Gasteiger partial charge on any atom is 0.149 e. The summed E-state index contributed by atoms with van der Waals surface area (Å²) in [5.74, 6) is 1.10. The number of likely N-dealkylation sites (N-methyl/N-ethyl adjacent to an activating group) is 1. The van der Waals surface area contributed by atoms with Gasteiger partial charge in [-0.25, -0.2) is 0 Å². The van der Waals surface area contributed by atoms with E-state index in [1.54, 1.807) is 11.3 Å². The van der Waals surface area contributed by atoms with Gasteiger partial charge in [-0.15, -0.1) is 21.5 Å². The lowest BCUT2D eigenvalue weighted by atomic mass is 9.89. The quantitative estimate of drug-likeness (QED) is 0.652. The summed E-state index contributed by atoms with van der Waals surface area (Å²) in [6.07, 6.45) is 4.90. The second kappa shape index (κ2) is 7.68. The summed E-state index contributed by atoms with van der Waals surface area (Å²) < 4.78 is 1.09. The van der Waals surface area contributed by atoms with Crippen LogP contribution in [0.15, 0.2) is 24.3 Å². The number of phenolic OH excluding ortho intramolecular Hbond substituents is 1. The predicted molar refractivity (Wildman–Crippen MR) is 117 cm³/mol. The van der Waals surface area contributed by atoms with Crippen LogP contribution in [0.3, 0.4) is 0 Å². The van der Waals surface area contributed by atoms with E-state index in [2.05, 4.69) is 47.5 Å². The zero-order valence-corrected chi connectivity index (χ0v) is 17.8. The van der Waals surface area contributed by atoms with Crippen molar-refractivity contribution < 1.29 is 5.11 Å². The van der Waals surface area contributed by atoms with E-state index >= 15 is 0 Å². The Morgan fingerprint density at radius 2 is 1.89 bits per heavy atom. The average molecular weight is 397 g/mol. The van der Waals surface area contributed by atoms with E-state index in [0.29, 0.717) is 17.8 Å². The molecule has 1 aliphatic rings. The highest BCUT2D eigenvalue weighted by molar-refractivity contribution is 7.19. The second-order valence-corrected chi connectivity index (χ2v) is 9.35. The van der Waals surface area contributed by atoms with Crippen molar-refractivity contribution in [3.63, 3.8) is 0 Å². The lowest BCUT2D eigenvalue weighted by Gasteiger charge is -2.36. The zero-order valence-electron chi connectivity index (χ0n) is 17.0. The number of anilines is 1. The minimum absolute atomic E-state index is 0.292. The molecule has 3 aromatic rings. The average Bonchev–Trinajstić information content (AvgIpc) is 3.04. The summed E-state index contributed by atoms with van der Waals surface area (Å²) >= 11 is 1.69. The molecule has 0 saturated heterocycles. The fourth-order valence-corrected chi connectivity index (χ4v) is 5.25. The van der Waals surface area contributed by atoms with E-state index in [4.69, 9.17) is 0 Å². The van der Waals surface area contributed by atoms with Crippen molar-refractivity contribution in [1.82, 2.24) is 15.1 Å². The first-order valence-electron chi connectivity index (χ1n) is 9.94. The molecule has 2 aromatic heterocycles. The first kappa shape index (κ1) is 19.2. The van der Waals surface area contributed by atoms with Crippen molar-refractivity contribution in [3.05, 3.63) is 34.7 Å². The summed E-state index contributed by atoms with van der Waals surface area (Å²) in [7, 11) is 4.30. The zero-order chi connectivity index (χ0) is 19.8. The first-order valence-corrected chi connectivity index (χ1v) is 10.8. The van der Waals surface area contributed by atoms with Crippen LogP contribution < -0.4 is 5.32 Å². The Bertz CT molecular complexity index is 998. The first-order chi connectivity index (χ1) is 13.4. The number of hydrogen-bond donors (Lipinski definition) is 2. The van der Waals surface area contributed by atoms with Crippen LogP contribution in [0.4, 0.5) is 5.82 Å². The van der Waals surface area contributed by atoms with Gasteiger partial charge in [0, 0.05) is 32.6 Å². The predicted octanol–water partition coefficient (Wildman–Crippen LogP) is 4.97. The number of benzene rings is 1. The molecule has 0 aliphatic heterocycles. The molecular formula is C22H28N4OS. The molecule has 5 nitrogen and oxygen atoms in total. The Labute approximate surface area is 170 Å². The molecule has 2 N–H and O–H groups in total. The Morgan fingerprint density at radius 3 is 2.64 bits per heavy atom. The van der Waals surface area contributed by atoms with Gasteiger partial charge in [0.2, 0.25) is 0 Å². The third-order valence-corrected chi connectivity index (χ3v) is 6.78. The second-order valence-electron chi connectivity index (χ2n) is 8.06. The van der Waals surface area contributed by atoms with Gasteiger partial charge in [-0.2, -0.15) is 0 Å². The monoisotopic (exact) mass is 396 g/mol. The van der Waals surface area contributed by atoms with Gasteiger partial charge >= 0.3 is 0 Å². The molecule has 6 heteroatoms. The smallest absolute Gasteiger partial charge is 0.149 e. The van der Waals surface area contributed by atoms with Crippen molar-refractivity contribution in [2.75, 3.05) is 19.4 Å². The fourth-order valence-electron chi connectivity index (χ4n) is 4.32. The maximum absolute atomic E-state index is 10.8. The van der Waals surface area contributed by atoms with Gasteiger partial charge in [0.05, 0.1) is 5.69 Å². The molecule has 2 atom stereocenters. The summed E-state index contributed by atoms with van der Waals surface area (Å²) in [4.78, 5) is 3.49. The third-order valence-electron chi connectivity index (χ3n) is 5.76. The summed E-state index contributed by atoms with van der Waals surface area (Å²) in [6.45, 7) is 4.09. The molecule has 0 bridgehead atoms. The largest absolute Gasteiger partial charge is 0.507 e. The fraction of sp³-hybridized carbons (Fsp3) is 0.455. The SMILES string of the molecule is Cc1cc2c(O)c(-c3nnc(N[C@H]4CCCC[C@H]4N(C)C)cc3C)ccc2s1. The number of nitrogens with one attached hydrogen (secondary N) is 1. The van der Waals surface area contributed by atoms with Crippen LogP contribution >= 0.6 is 11.3 Å². The van der Waals surface area contributed by atoms with Gasteiger partial charge < -0.3 is 15.3 Å². The van der Waals surface area contributed by atoms with Crippen LogP contribution in [0.1, 0.15) is 36.1 Å². The number of aryl methyl sites for hydroxylation is 2.